The van der Waals surface area contributed by atoms with Crippen LogP contribution in [-0.2, 0) is 18.8 Å². The summed E-state index contributed by atoms with van der Waals surface area (Å²) in [6.07, 6.45) is 0. The van der Waals surface area contributed by atoms with Gasteiger partial charge in [-0.3, -0.25) is 0 Å². The van der Waals surface area contributed by atoms with Gasteiger partial charge in [0.1, 0.15) is 0 Å². The van der Waals surface area contributed by atoms with Gasteiger partial charge in [-0.1, -0.05) is 18.2 Å². The maximum absolute atomic E-state index is 11.8. The Morgan fingerprint density at radius 1 is 1.39 bits per heavy atom. The molecule has 0 bridgehead atoms. The summed E-state index contributed by atoms with van der Waals surface area (Å²) >= 11 is 3.00. The Labute approximate surface area is 113 Å². The van der Waals surface area contributed by atoms with E-state index in [2.05, 4.69) is 15.9 Å². The maximum Gasteiger partial charge on any atom is 0.352 e. The van der Waals surface area contributed by atoms with Crippen LogP contribution in [-0.4, -0.2) is 30.8 Å². The smallest absolute Gasteiger partial charge is 0.352 e. The van der Waals surface area contributed by atoms with Crippen molar-refractivity contribution in [2.75, 3.05) is 13.7 Å². The van der Waals surface area contributed by atoms with Gasteiger partial charge in [-0.15, -0.1) is 0 Å². The summed E-state index contributed by atoms with van der Waals surface area (Å²) in [5.41, 5.74) is 0.346. The number of hydrogen-bond donors (Lipinski definition) is 1. The van der Waals surface area contributed by atoms with Gasteiger partial charge < -0.3 is 14.6 Å². The lowest BCUT2D eigenvalue weighted by molar-refractivity contribution is -0.151. The van der Waals surface area contributed by atoms with E-state index in [9.17, 15) is 14.7 Å². The van der Waals surface area contributed by atoms with Crippen LogP contribution in [0.3, 0.4) is 0 Å². The quantitative estimate of drug-likeness (QED) is 0.665. The lowest BCUT2D eigenvalue weighted by Gasteiger charge is -2.23. The van der Waals surface area contributed by atoms with Crippen molar-refractivity contribution in [3.63, 3.8) is 0 Å². The third-order valence-electron chi connectivity index (χ3n) is 2.33. The van der Waals surface area contributed by atoms with E-state index in [0.717, 1.165) is 0 Å². The Morgan fingerprint density at radius 3 is 2.50 bits per heavy atom. The van der Waals surface area contributed by atoms with Crippen LogP contribution in [0.2, 0.25) is 0 Å². The van der Waals surface area contributed by atoms with Crippen LogP contribution < -0.4 is 0 Å². The van der Waals surface area contributed by atoms with E-state index >= 15 is 0 Å². The minimum absolute atomic E-state index is 0.153. The second-order valence-electron chi connectivity index (χ2n) is 3.37. The molecule has 0 aromatic heterocycles. The first-order valence-corrected chi connectivity index (χ1v) is 6.00. The summed E-state index contributed by atoms with van der Waals surface area (Å²) in [7, 11) is 1.24. The molecule has 5 nitrogen and oxygen atoms in total. The van der Waals surface area contributed by atoms with Crippen molar-refractivity contribution in [2.45, 2.75) is 11.4 Å². The number of carbonyl (C=O) groups is 2. The number of hydrogen-bond acceptors (Lipinski definition) is 4. The first kappa shape index (κ1) is 14.7. The fourth-order valence-electron chi connectivity index (χ4n) is 1.46. The lowest BCUT2D eigenvalue weighted by atomic mass is 10.0. The van der Waals surface area contributed by atoms with E-state index < -0.39 is 16.4 Å². The van der Waals surface area contributed by atoms with Gasteiger partial charge in [0.2, 0.25) is 4.51 Å². The summed E-state index contributed by atoms with van der Waals surface area (Å²) in [4.78, 5) is 23.0. The molecule has 98 valence electrons. The molecule has 0 aliphatic heterocycles. The zero-order valence-corrected chi connectivity index (χ0v) is 11.6. The molecule has 6 heteroatoms. The number of carboxylic acids is 1. The van der Waals surface area contributed by atoms with Gasteiger partial charge >= 0.3 is 11.9 Å². The zero-order valence-electron chi connectivity index (χ0n) is 9.97. The highest BCUT2D eigenvalue weighted by Gasteiger charge is 2.40. The molecule has 18 heavy (non-hydrogen) atoms. The summed E-state index contributed by atoms with van der Waals surface area (Å²) in [5, 5.41) is 9.20. The highest BCUT2D eigenvalue weighted by Crippen LogP contribution is 2.35. The standard InChI is InChI=1S/C12H13BrO5/c1-3-18-10(14)8-6-4-5-7-9(8)12(13,17-2)11(15)16/h4-7H,3H2,1-2H3,(H,15,16). The zero-order chi connectivity index (χ0) is 13.8. The number of alkyl halides is 1. The number of rotatable bonds is 5. The molecule has 0 spiro atoms. The van der Waals surface area contributed by atoms with Crippen LogP contribution in [0.25, 0.3) is 0 Å². The summed E-state index contributed by atoms with van der Waals surface area (Å²) in [6.45, 7) is 1.89. The van der Waals surface area contributed by atoms with Crippen LogP contribution in [0, 0.1) is 0 Å². The molecular formula is C12H13BrO5. The Morgan fingerprint density at radius 2 is 2.00 bits per heavy atom. The van der Waals surface area contributed by atoms with Crippen molar-refractivity contribution in [3.05, 3.63) is 35.4 Å². The first-order valence-electron chi connectivity index (χ1n) is 5.21. The number of methoxy groups -OCH3 is 1. The normalized spacial score (nSPS) is 13.7. The molecular weight excluding hydrogens is 304 g/mol. The molecule has 1 aromatic rings. The van der Waals surface area contributed by atoms with Crippen molar-refractivity contribution in [1.29, 1.82) is 0 Å². The molecule has 0 saturated heterocycles. The summed E-state index contributed by atoms with van der Waals surface area (Å²) < 4.78 is 8.08. The molecule has 1 unspecified atom stereocenters. The van der Waals surface area contributed by atoms with E-state index in [-0.39, 0.29) is 17.7 Å². The Kier molecular flexibility index (Phi) is 4.86. The number of esters is 1. The van der Waals surface area contributed by atoms with Crippen LogP contribution >= 0.6 is 15.9 Å². The molecule has 0 radical (unpaired) electrons. The minimum Gasteiger partial charge on any atom is -0.478 e. The van der Waals surface area contributed by atoms with E-state index in [1.807, 2.05) is 0 Å². The fraction of sp³-hybridized carbons (Fsp3) is 0.333. The topological polar surface area (TPSA) is 72.8 Å². The number of carboxylic acid groups (broad SMARTS) is 1. The molecule has 0 fully saturated rings. The SMILES string of the molecule is CCOC(=O)c1ccccc1C(Br)(OC)C(=O)O. The van der Waals surface area contributed by atoms with Crippen LogP contribution in [0.5, 0.6) is 0 Å². The monoisotopic (exact) mass is 316 g/mol. The second-order valence-corrected chi connectivity index (χ2v) is 4.49. The molecule has 1 N–H and O–H groups in total. The highest BCUT2D eigenvalue weighted by atomic mass is 79.9. The van der Waals surface area contributed by atoms with E-state index in [4.69, 9.17) is 9.47 Å². The summed E-state index contributed by atoms with van der Waals surface area (Å²) in [5.74, 6) is -1.84. The van der Waals surface area contributed by atoms with Crippen molar-refractivity contribution >= 4 is 27.9 Å². The second kappa shape index (κ2) is 5.97. The van der Waals surface area contributed by atoms with E-state index in [0.29, 0.717) is 0 Å². The molecule has 1 aromatic carbocycles. The number of ether oxygens (including phenoxy) is 2. The van der Waals surface area contributed by atoms with Gasteiger partial charge in [0.05, 0.1) is 12.2 Å². The van der Waals surface area contributed by atoms with Gasteiger partial charge in [0.15, 0.2) is 0 Å². The molecule has 0 heterocycles. The van der Waals surface area contributed by atoms with Crippen molar-refractivity contribution in [3.8, 4) is 0 Å². The number of benzene rings is 1. The Bertz CT molecular complexity index is 460. The van der Waals surface area contributed by atoms with Gasteiger partial charge in [0.25, 0.3) is 0 Å². The minimum atomic E-state index is -1.77. The van der Waals surface area contributed by atoms with Gasteiger partial charge in [-0.25, -0.2) is 9.59 Å². The van der Waals surface area contributed by atoms with E-state index in [1.165, 1.54) is 19.2 Å². The predicted octanol–water partition coefficient (Wildman–Crippen LogP) is 2.14. The van der Waals surface area contributed by atoms with Crippen LogP contribution in [0.15, 0.2) is 24.3 Å². The first-order chi connectivity index (χ1) is 8.47. The average Bonchev–Trinajstić information content (AvgIpc) is 2.37. The van der Waals surface area contributed by atoms with Gasteiger partial charge in [-0.2, -0.15) is 0 Å². The van der Waals surface area contributed by atoms with Crippen molar-refractivity contribution in [1.82, 2.24) is 0 Å². The molecule has 0 saturated carbocycles. The van der Waals surface area contributed by atoms with Gasteiger partial charge in [-0.05, 0) is 28.9 Å². The molecule has 1 atom stereocenters. The number of carbonyl (C=O) groups excluding carboxylic acids is 1. The Balaban J connectivity index is 3.32. The number of aliphatic carboxylic acids is 1. The largest absolute Gasteiger partial charge is 0.478 e. The molecule has 1 rings (SSSR count). The lowest BCUT2D eigenvalue weighted by Crippen LogP contribution is -2.33. The number of halogens is 1. The predicted molar refractivity (Wildman–Crippen MR) is 67.6 cm³/mol. The fourth-order valence-corrected chi connectivity index (χ4v) is 1.81. The van der Waals surface area contributed by atoms with Gasteiger partial charge in [0, 0.05) is 12.7 Å². The third-order valence-corrected chi connectivity index (χ3v) is 3.42. The highest BCUT2D eigenvalue weighted by molar-refractivity contribution is 9.10. The average molecular weight is 317 g/mol. The van der Waals surface area contributed by atoms with Crippen molar-refractivity contribution < 1.29 is 24.2 Å². The van der Waals surface area contributed by atoms with E-state index in [1.54, 1.807) is 19.1 Å². The Hall–Kier alpha value is -1.40. The van der Waals surface area contributed by atoms with Crippen LogP contribution in [0.4, 0.5) is 0 Å². The summed E-state index contributed by atoms with van der Waals surface area (Å²) in [6, 6.07) is 6.24. The molecule has 0 aliphatic rings. The third kappa shape index (κ3) is 2.70. The maximum atomic E-state index is 11.8. The van der Waals surface area contributed by atoms with Crippen molar-refractivity contribution in [2.24, 2.45) is 0 Å². The van der Waals surface area contributed by atoms with Crippen LogP contribution in [0.1, 0.15) is 22.8 Å². The molecule has 0 amide bonds. The molecule has 0 aliphatic carbocycles.